The van der Waals surface area contributed by atoms with Crippen LogP contribution in [0.4, 0.5) is 0 Å². The molecule has 0 aromatic heterocycles. The lowest BCUT2D eigenvalue weighted by molar-refractivity contribution is -0.155. The van der Waals surface area contributed by atoms with Crippen molar-refractivity contribution in [3.05, 3.63) is 42.0 Å². The molecule has 1 aromatic rings. The minimum Gasteiger partial charge on any atom is -0.497 e. The first kappa shape index (κ1) is 35.2. The minimum atomic E-state index is -2.13. The minimum absolute atomic E-state index is 0.0205. The highest BCUT2D eigenvalue weighted by molar-refractivity contribution is 6.74. The molecule has 0 unspecified atom stereocenters. The van der Waals surface area contributed by atoms with E-state index >= 15 is 0 Å². The summed E-state index contributed by atoms with van der Waals surface area (Å²) in [6.45, 7) is 19.8. The summed E-state index contributed by atoms with van der Waals surface area (Å²) < 4.78 is 35.9. The van der Waals surface area contributed by atoms with Crippen molar-refractivity contribution in [1.82, 2.24) is 0 Å². The zero-order valence-electron chi connectivity index (χ0n) is 26.8. The zero-order valence-corrected chi connectivity index (χ0v) is 27.8. The van der Waals surface area contributed by atoms with Crippen LogP contribution in [0.1, 0.15) is 79.7 Å². The molecule has 41 heavy (non-hydrogen) atoms. The molecule has 1 aliphatic heterocycles. The smallest absolute Gasteiger partial charge is 0.305 e. The Morgan fingerprint density at radius 1 is 1.10 bits per heavy atom. The second-order valence-electron chi connectivity index (χ2n) is 12.8. The van der Waals surface area contributed by atoms with Gasteiger partial charge in [0.25, 0.3) is 0 Å². The summed E-state index contributed by atoms with van der Waals surface area (Å²) in [7, 11) is -0.485. The van der Waals surface area contributed by atoms with Gasteiger partial charge >= 0.3 is 5.97 Å². The summed E-state index contributed by atoms with van der Waals surface area (Å²) in [6, 6.07) is 7.82. The third kappa shape index (κ3) is 11.3. The Hall–Kier alpha value is -2.04. The van der Waals surface area contributed by atoms with E-state index in [1.54, 1.807) is 26.2 Å². The number of carbonyl (C=O) groups excluding carboxylic acids is 2. The normalized spacial score (nSPS) is 21.7. The van der Waals surface area contributed by atoms with Crippen LogP contribution in [0.25, 0.3) is 0 Å². The van der Waals surface area contributed by atoms with Crippen LogP contribution in [0, 0.1) is 0 Å². The van der Waals surface area contributed by atoms with Gasteiger partial charge in [0.2, 0.25) is 0 Å². The summed E-state index contributed by atoms with van der Waals surface area (Å²) in [4.78, 5) is 24.2. The average molecular weight is 593 g/mol. The first-order valence-electron chi connectivity index (χ1n) is 14.6. The van der Waals surface area contributed by atoms with E-state index in [4.69, 9.17) is 28.1 Å². The number of methoxy groups -OCH3 is 1. The molecular formula is C32H52O8Si. The lowest BCUT2D eigenvalue weighted by atomic mass is 9.93. The molecule has 1 fully saturated rings. The highest BCUT2D eigenvalue weighted by atomic mass is 28.4. The molecule has 0 radical (unpaired) electrons. The molecule has 0 bridgehead atoms. The topological polar surface area (TPSA) is 89.5 Å². The molecule has 1 aliphatic rings. The highest BCUT2D eigenvalue weighted by Gasteiger charge is 2.50. The van der Waals surface area contributed by atoms with Crippen LogP contribution in [-0.2, 0) is 39.6 Å². The van der Waals surface area contributed by atoms with E-state index in [1.807, 2.05) is 45.0 Å². The van der Waals surface area contributed by atoms with Crippen molar-refractivity contribution in [1.29, 1.82) is 0 Å². The van der Waals surface area contributed by atoms with Gasteiger partial charge in [0.05, 0.1) is 39.1 Å². The molecule has 1 heterocycles. The van der Waals surface area contributed by atoms with Crippen molar-refractivity contribution in [2.75, 3.05) is 20.3 Å². The Kier molecular flexibility index (Phi) is 12.8. The summed E-state index contributed by atoms with van der Waals surface area (Å²) in [5, 5.41) is 0.0205. The van der Waals surface area contributed by atoms with E-state index in [0.29, 0.717) is 32.7 Å². The summed E-state index contributed by atoms with van der Waals surface area (Å²) >= 11 is 0. The predicted molar refractivity (Wildman–Crippen MR) is 162 cm³/mol. The number of benzene rings is 1. The van der Waals surface area contributed by atoms with Crippen molar-refractivity contribution in [2.45, 2.75) is 122 Å². The Bertz CT molecular complexity index is 1010. The molecule has 232 valence electrons. The van der Waals surface area contributed by atoms with Gasteiger partial charge in [-0.1, -0.05) is 32.9 Å². The van der Waals surface area contributed by atoms with Crippen LogP contribution in [0.5, 0.6) is 5.75 Å². The Labute approximate surface area is 248 Å². The van der Waals surface area contributed by atoms with Gasteiger partial charge in [0.15, 0.2) is 19.9 Å². The van der Waals surface area contributed by atoms with E-state index in [2.05, 4.69) is 33.9 Å². The van der Waals surface area contributed by atoms with Crippen LogP contribution in [0.15, 0.2) is 36.4 Å². The van der Waals surface area contributed by atoms with Crippen molar-refractivity contribution < 1.29 is 37.7 Å². The number of esters is 1. The molecule has 0 spiro atoms. The molecule has 0 saturated carbocycles. The van der Waals surface area contributed by atoms with Gasteiger partial charge in [-0.15, -0.1) is 0 Å². The number of ketones is 1. The fourth-order valence-corrected chi connectivity index (χ4v) is 5.85. The van der Waals surface area contributed by atoms with Crippen molar-refractivity contribution in [3.8, 4) is 5.75 Å². The molecule has 3 atom stereocenters. The highest BCUT2D eigenvalue weighted by Crippen LogP contribution is 2.42. The molecule has 8 nitrogen and oxygen atoms in total. The molecule has 0 aliphatic carbocycles. The number of hydrogen-bond donors (Lipinski definition) is 0. The molecule has 0 amide bonds. The second-order valence-corrected chi connectivity index (χ2v) is 17.6. The largest absolute Gasteiger partial charge is 0.497 e. The van der Waals surface area contributed by atoms with E-state index in [1.165, 1.54) is 0 Å². The van der Waals surface area contributed by atoms with Crippen LogP contribution < -0.4 is 4.74 Å². The first-order chi connectivity index (χ1) is 19.0. The number of rotatable bonds is 16. The van der Waals surface area contributed by atoms with Gasteiger partial charge in [0, 0.05) is 19.3 Å². The average Bonchev–Trinajstić information content (AvgIpc) is 3.10. The number of hydrogen-bond acceptors (Lipinski definition) is 8. The predicted octanol–water partition coefficient (Wildman–Crippen LogP) is 6.76. The lowest BCUT2D eigenvalue weighted by Gasteiger charge is -2.40. The van der Waals surface area contributed by atoms with Gasteiger partial charge in [-0.25, -0.2) is 0 Å². The van der Waals surface area contributed by atoms with Crippen molar-refractivity contribution in [2.24, 2.45) is 0 Å². The molecule has 1 aromatic carbocycles. The first-order valence-corrected chi connectivity index (χ1v) is 17.6. The van der Waals surface area contributed by atoms with Crippen LogP contribution >= 0.6 is 0 Å². The SMILES string of the molecule is CCOC(=O)CCCC(=O)/C=C/[C@@]1(C)OC(C)(C)O[C@@H]1C[C@H](COCc1ccc(OC)cc1)O[Si](C)(C)C(C)(C)C. The van der Waals surface area contributed by atoms with Gasteiger partial charge in [0.1, 0.15) is 11.4 Å². The van der Waals surface area contributed by atoms with Crippen molar-refractivity contribution in [3.63, 3.8) is 0 Å². The van der Waals surface area contributed by atoms with Crippen LogP contribution in [0.3, 0.4) is 0 Å². The Morgan fingerprint density at radius 2 is 1.76 bits per heavy atom. The van der Waals surface area contributed by atoms with Gasteiger partial charge < -0.3 is 28.1 Å². The molecule has 1 saturated heterocycles. The van der Waals surface area contributed by atoms with Gasteiger partial charge in [-0.3, -0.25) is 9.59 Å². The summed E-state index contributed by atoms with van der Waals surface area (Å²) in [6.07, 6.45) is 4.22. The zero-order chi connectivity index (χ0) is 30.9. The van der Waals surface area contributed by atoms with E-state index < -0.39 is 19.7 Å². The van der Waals surface area contributed by atoms with Gasteiger partial charge in [-0.2, -0.15) is 0 Å². The van der Waals surface area contributed by atoms with E-state index in [0.717, 1.165) is 11.3 Å². The van der Waals surface area contributed by atoms with E-state index in [9.17, 15) is 9.59 Å². The Morgan fingerprint density at radius 3 is 2.34 bits per heavy atom. The summed E-state index contributed by atoms with van der Waals surface area (Å²) in [5.74, 6) is -0.381. The fraction of sp³-hybridized carbons (Fsp3) is 0.688. The van der Waals surface area contributed by atoms with E-state index in [-0.39, 0.29) is 41.8 Å². The standard InChI is InChI=1S/C32H52O8Si/c1-11-37-29(34)14-12-13-25(33)19-20-32(7)28(38-31(5,6)40-32)21-27(39-41(9,10)30(2,3)4)23-36-22-24-15-17-26(35-8)18-16-24/h15-20,27-28H,11-14,21-23H2,1-10H3/b20-19+/t27-,28-,32-/m1/s1. The second kappa shape index (κ2) is 14.9. The third-order valence-electron chi connectivity index (χ3n) is 7.72. The third-order valence-corrected chi connectivity index (χ3v) is 12.3. The number of carbonyl (C=O) groups is 2. The quantitative estimate of drug-likeness (QED) is 0.118. The Balaban J connectivity index is 2.14. The molecule has 0 N–H and O–H groups in total. The molecule has 2 rings (SSSR count). The molecule has 9 heteroatoms. The number of ether oxygens (including phenoxy) is 5. The van der Waals surface area contributed by atoms with Crippen molar-refractivity contribution >= 4 is 20.1 Å². The monoisotopic (exact) mass is 592 g/mol. The van der Waals surface area contributed by atoms with Crippen LogP contribution in [0.2, 0.25) is 18.1 Å². The number of allylic oxidation sites excluding steroid dienone is 1. The maximum atomic E-state index is 12.6. The fourth-order valence-electron chi connectivity index (χ4n) is 4.50. The molecular weight excluding hydrogens is 540 g/mol. The summed E-state index contributed by atoms with van der Waals surface area (Å²) in [5.41, 5.74) is 0.207. The lowest BCUT2D eigenvalue weighted by Crippen LogP contribution is -2.47. The van der Waals surface area contributed by atoms with Crippen LogP contribution in [-0.4, -0.2) is 64.0 Å². The maximum Gasteiger partial charge on any atom is 0.305 e. The van der Waals surface area contributed by atoms with Gasteiger partial charge in [-0.05, 0) is 82.1 Å². The maximum absolute atomic E-state index is 12.6.